The zero-order chi connectivity index (χ0) is 28.4. The summed E-state index contributed by atoms with van der Waals surface area (Å²) < 4.78 is 81.0. The van der Waals surface area contributed by atoms with E-state index < -0.39 is 23.5 Å². The molecule has 0 saturated carbocycles. The van der Waals surface area contributed by atoms with Crippen LogP contribution in [0.5, 0.6) is 0 Å². The second kappa shape index (κ2) is 11.7. The summed E-state index contributed by atoms with van der Waals surface area (Å²) in [5.74, 6) is 6.52. The summed E-state index contributed by atoms with van der Waals surface area (Å²) in [6.07, 6.45) is -7.05. The van der Waals surface area contributed by atoms with Crippen molar-refractivity contribution in [3.8, 4) is 0 Å². The summed E-state index contributed by atoms with van der Waals surface area (Å²) in [5.41, 5.74) is -2.92. The van der Waals surface area contributed by atoms with Crippen molar-refractivity contribution in [2.45, 2.75) is 64.1 Å². The number of halogens is 8. The van der Waals surface area contributed by atoms with Gasteiger partial charge in [0.15, 0.2) is 5.82 Å². The lowest BCUT2D eigenvalue weighted by Crippen LogP contribution is -2.43. The Hall–Kier alpha value is -2.51. The largest absolute Gasteiger partial charge is 0.416 e. The van der Waals surface area contributed by atoms with Gasteiger partial charge >= 0.3 is 12.4 Å². The lowest BCUT2D eigenvalue weighted by molar-refractivity contribution is -0.143. The second-order valence-corrected chi connectivity index (χ2v) is 9.65. The normalized spacial score (nSPS) is 18.7. The molecule has 0 aliphatic carbocycles. The molecule has 0 radical (unpaired) electrons. The van der Waals surface area contributed by atoms with Gasteiger partial charge in [0.1, 0.15) is 10.9 Å². The predicted molar refractivity (Wildman–Crippen MR) is 134 cm³/mol. The van der Waals surface area contributed by atoms with Gasteiger partial charge in [0.2, 0.25) is 5.28 Å². The highest BCUT2D eigenvalue weighted by Crippen LogP contribution is 2.38. The van der Waals surface area contributed by atoms with Crippen LogP contribution >= 0.6 is 23.2 Å². The van der Waals surface area contributed by atoms with Crippen LogP contribution in [0.1, 0.15) is 49.8 Å². The quantitative estimate of drug-likeness (QED) is 0.104. The number of benzene rings is 1. The number of hydrazone groups is 1. The van der Waals surface area contributed by atoms with Crippen LogP contribution in [-0.2, 0) is 18.9 Å². The molecule has 7 nitrogen and oxygen atoms in total. The molecule has 0 bridgehead atoms. The van der Waals surface area contributed by atoms with Crippen molar-refractivity contribution in [1.82, 2.24) is 20.0 Å². The molecule has 1 aromatic heterocycles. The van der Waals surface area contributed by atoms with Gasteiger partial charge in [-0.3, -0.25) is 0 Å². The second-order valence-electron chi connectivity index (χ2n) is 8.90. The number of rotatable bonds is 7. The molecule has 2 atom stereocenters. The van der Waals surface area contributed by atoms with Crippen LogP contribution in [0.3, 0.4) is 0 Å². The average Bonchev–Trinajstić information content (AvgIpc) is 3.25. The monoisotopic (exact) mass is 585 g/mol. The molecular formula is C23H27Cl2F6N7. The first-order valence-corrected chi connectivity index (χ1v) is 12.4. The molecule has 3 rings (SSSR count). The van der Waals surface area contributed by atoms with Crippen molar-refractivity contribution in [3.05, 3.63) is 51.4 Å². The van der Waals surface area contributed by atoms with Gasteiger partial charge in [-0.25, -0.2) is 15.9 Å². The predicted octanol–water partition coefficient (Wildman–Crippen LogP) is 6.21. The molecule has 1 aromatic carbocycles. The summed E-state index contributed by atoms with van der Waals surface area (Å²) in [5, 5.41) is 5.58. The molecule has 15 heteroatoms. The van der Waals surface area contributed by atoms with E-state index in [1.165, 1.54) is 13.2 Å². The number of amidine groups is 1. The smallest absolute Gasteiger partial charge is 0.350 e. The highest BCUT2D eigenvalue weighted by molar-refractivity contribution is 6.33. The van der Waals surface area contributed by atoms with E-state index in [0.717, 1.165) is 17.3 Å². The van der Waals surface area contributed by atoms with Crippen molar-refractivity contribution >= 4 is 34.9 Å². The van der Waals surface area contributed by atoms with Crippen LogP contribution < -0.4 is 10.7 Å². The molecule has 1 fully saturated rings. The third-order valence-corrected chi connectivity index (χ3v) is 6.64. The Morgan fingerprint density at radius 3 is 2.21 bits per heavy atom. The van der Waals surface area contributed by atoms with E-state index in [9.17, 15) is 26.3 Å². The molecule has 0 amide bonds. The summed E-state index contributed by atoms with van der Waals surface area (Å²) in [7, 11) is 1.47. The molecule has 38 heavy (non-hydrogen) atoms. The number of nitrogens with two attached hydrogens (primary N) is 1. The maximum absolute atomic E-state index is 13.5. The fraction of sp³-hybridized carbons (Fsp3) is 0.522. The molecule has 2 N–H and O–H groups in total. The van der Waals surface area contributed by atoms with Crippen molar-refractivity contribution in [2.75, 3.05) is 18.5 Å². The van der Waals surface area contributed by atoms with Crippen molar-refractivity contribution in [3.63, 3.8) is 0 Å². The molecule has 1 aliphatic rings. The van der Waals surface area contributed by atoms with E-state index in [-0.39, 0.29) is 40.6 Å². The molecule has 2 aromatic rings. The van der Waals surface area contributed by atoms with Gasteiger partial charge in [0, 0.05) is 32.6 Å². The first-order chi connectivity index (χ1) is 17.6. The number of hydrogen-bond acceptors (Lipinski definition) is 6. The third kappa shape index (κ3) is 7.11. The highest BCUT2D eigenvalue weighted by atomic mass is 35.5. The van der Waals surface area contributed by atoms with Crippen LogP contribution in [0.4, 0.5) is 32.2 Å². The van der Waals surface area contributed by atoms with Crippen LogP contribution in [0.2, 0.25) is 10.3 Å². The number of hydrazine groups is 1. The molecule has 2 unspecified atom stereocenters. The minimum atomic E-state index is -4.96. The Bertz CT molecular complexity index is 1120. The van der Waals surface area contributed by atoms with Crippen molar-refractivity contribution in [1.29, 1.82) is 0 Å². The molecule has 1 saturated heterocycles. The highest BCUT2D eigenvalue weighted by Gasteiger charge is 2.39. The third-order valence-electron chi connectivity index (χ3n) is 6.19. The summed E-state index contributed by atoms with van der Waals surface area (Å²) in [6.45, 7) is 3.77. The van der Waals surface area contributed by atoms with Gasteiger partial charge < -0.3 is 9.80 Å². The molecule has 210 valence electrons. The summed E-state index contributed by atoms with van der Waals surface area (Å²) in [6, 6.07) is 1.11. The number of hydrogen-bond donors (Lipinski definition) is 1. The van der Waals surface area contributed by atoms with Gasteiger partial charge in [0.05, 0.1) is 23.4 Å². The van der Waals surface area contributed by atoms with E-state index in [2.05, 4.69) is 15.1 Å². The number of alkyl halides is 6. The van der Waals surface area contributed by atoms with Crippen LogP contribution in [-0.4, -0.2) is 51.5 Å². The van der Waals surface area contributed by atoms with Crippen LogP contribution in [0.25, 0.3) is 0 Å². The lowest BCUT2D eigenvalue weighted by atomic mass is 10.0. The lowest BCUT2D eigenvalue weighted by Gasteiger charge is -2.33. The molecule has 0 spiro atoms. The van der Waals surface area contributed by atoms with E-state index in [4.69, 9.17) is 29.0 Å². The number of nitrogens with zero attached hydrogens (tertiary/aromatic N) is 6. The molecule has 1 aliphatic heterocycles. The van der Waals surface area contributed by atoms with E-state index in [1.807, 2.05) is 11.8 Å². The zero-order valence-electron chi connectivity index (χ0n) is 20.8. The maximum Gasteiger partial charge on any atom is 0.416 e. The fourth-order valence-corrected chi connectivity index (χ4v) is 4.88. The SMILES string of the molecule is CC/C(=N\N(C)N)N(Cc1cc(C(F)(F)F)cc(C(F)(F)F)c1)C1CC(CC)N(c2nc(Cl)ncc2Cl)C1. The standard InChI is InChI=1S/C23H27Cl2F6N7/c1-4-16-9-17(12-38(16)20-18(24)10-33-21(25)34-20)37(19(5-2)35-36(3)32)11-13-6-14(22(26,27)28)8-15(7-13)23(29,30)31/h6-8,10,16-17H,4-5,9,11-12,32H2,1-3H3/b35-19+. The van der Waals surface area contributed by atoms with Gasteiger partial charge in [-0.05, 0) is 48.2 Å². The average molecular weight is 586 g/mol. The van der Waals surface area contributed by atoms with Gasteiger partial charge in [-0.1, -0.05) is 25.4 Å². The van der Waals surface area contributed by atoms with Crippen molar-refractivity contribution in [2.24, 2.45) is 10.9 Å². The first-order valence-electron chi connectivity index (χ1n) is 11.7. The number of anilines is 1. The van der Waals surface area contributed by atoms with Crippen LogP contribution in [0, 0.1) is 0 Å². The zero-order valence-corrected chi connectivity index (χ0v) is 22.3. The Labute approximate surface area is 226 Å². The van der Waals surface area contributed by atoms with E-state index >= 15 is 0 Å². The Morgan fingerprint density at radius 1 is 1.11 bits per heavy atom. The summed E-state index contributed by atoms with van der Waals surface area (Å²) in [4.78, 5) is 11.7. The minimum absolute atomic E-state index is 0.0104. The van der Waals surface area contributed by atoms with Gasteiger partial charge in [-0.15, -0.1) is 5.10 Å². The fourth-order valence-electron chi connectivity index (χ4n) is 4.55. The molecular weight excluding hydrogens is 559 g/mol. The maximum atomic E-state index is 13.5. The van der Waals surface area contributed by atoms with Crippen molar-refractivity contribution < 1.29 is 26.3 Å². The number of aromatic nitrogens is 2. The first kappa shape index (κ1) is 30.0. The minimum Gasteiger partial charge on any atom is -0.350 e. The van der Waals surface area contributed by atoms with E-state index in [0.29, 0.717) is 37.5 Å². The van der Waals surface area contributed by atoms with Crippen LogP contribution in [0.15, 0.2) is 29.5 Å². The van der Waals surface area contributed by atoms with Gasteiger partial charge in [0.25, 0.3) is 0 Å². The van der Waals surface area contributed by atoms with E-state index in [1.54, 1.807) is 11.8 Å². The Kier molecular flexibility index (Phi) is 9.25. The topological polar surface area (TPSA) is 73.9 Å². The Morgan fingerprint density at radius 2 is 1.71 bits per heavy atom. The summed E-state index contributed by atoms with van der Waals surface area (Å²) >= 11 is 12.3. The van der Waals surface area contributed by atoms with Gasteiger partial charge in [-0.2, -0.15) is 31.3 Å². The Balaban J connectivity index is 2.07. The molecule has 2 heterocycles.